The summed E-state index contributed by atoms with van der Waals surface area (Å²) in [7, 11) is 0. The van der Waals surface area contributed by atoms with Crippen LogP contribution in [0.5, 0.6) is 0 Å². The molecule has 0 amide bonds. The summed E-state index contributed by atoms with van der Waals surface area (Å²) in [5, 5.41) is 4.79. The maximum atomic E-state index is 5.80. The zero-order valence-electron chi connectivity index (χ0n) is 12.6. The Labute approximate surface area is 124 Å². The highest BCUT2D eigenvalue weighted by Gasteiger charge is 2.11. The van der Waals surface area contributed by atoms with Gasteiger partial charge in [0.1, 0.15) is 17.1 Å². The molecule has 1 aromatic carbocycles. The van der Waals surface area contributed by atoms with E-state index < -0.39 is 0 Å². The van der Waals surface area contributed by atoms with E-state index >= 15 is 0 Å². The second kappa shape index (κ2) is 6.19. The molecule has 0 saturated carbocycles. The van der Waals surface area contributed by atoms with E-state index in [2.05, 4.69) is 24.4 Å². The van der Waals surface area contributed by atoms with Gasteiger partial charge in [-0.2, -0.15) is 0 Å². The summed E-state index contributed by atoms with van der Waals surface area (Å²) in [6.45, 7) is 5.08. The van der Waals surface area contributed by atoms with Crippen molar-refractivity contribution in [1.82, 2.24) is 5.32 Å². The molecule has 0 aliphatic rings. The first-order valence-electron chi connectivity index (χ1n) is 7.47. The van der Waals surface area contributed by atoms with Crippen LogP contribution in [0, 0.1) is 6.92 Å². The largest absolute Gasteiger partial charge is 0.469 e. The molecule has 3 heteroatoms. The van der Waals surface area contributed by atoms with E-state index in [4.69, 9.17) is 8.83 Å². The molecule has 0 aliphatic carbocycles. The standard InChI is InChI=1S/C18H21NO2/c1-13(9-10-15-6-5-11-20-15)19-12-17-14(2)21-18-8-4-3-7-16(17)18/h3-8,11,13,19H,9-10,12H2,1-2H3. The number of hydrogen-bond donors (Lipinski definition) is 1. The van der Waals surface area contributed by atoms with Crippen molar-refractivity contribution >= 4 is 11.0 Å². The zero-order chi connectivity index (χ0) is 14.7. The van der Waals surface area contributed by atoms with Crippen molar-refractivity contribution in [1.29, 1.82) is 0 Å². The number of furan rings is 2. The molecule has 3 rings (SSSR count). The molecule has 0 fully saturated rings. The van der Waals surface area contributed by atoms with E-state index in [9.17, 15) is 0 Å². The van der Waals surface area contributed by atoms with E-state index in [0.717, 1.165) is 36.5 Å². The van der Waals surface area contributed by atoms with Gasteiger partial charge in [-0.1, -0.05) is 18.2 Å². The van der Waals surface area contributed by atoms with Crippen LogP contribution in [0.1, 0.15) is 30.4 Å². The summed E-state index contributed by atoms with van der Waals surface area (Å²) in [6.07, 6.45) is 3.75. The molecule has 2 heterocycles. The Hall–Kier alpha value is -2.00. The van der Waals surface area contributed by atoms with E-state index in [1.54, 1.807) is 6.26 Å². The molecular weight excluding hydrogens is 262 g/mol. The number of aryl methyl sites for hydroxylation is 2. The molecule has 0 radical (unpaired) electrons. The van der Waals surface area contributed by atoms with Crippen LogP contribution >= 0.6 is 0 Å². The minimum atomic E-state index is 0.433. The highest BCUT2D eigenvalue weighted by atomic mass is 16.3. The Bertz CT molecular complexity index is 697. The minimum Gasteiger partial charge on any atom is -0.469 e. The molecule has 1 unspecified atom stereocenters. The Morgan fingerprint density at radius 2 is 2.00 bits per heavy atom. The van der Waals surface area contributed by atoms with Gasteiger partial charge in [0.15, 0.2) is 0 Å². The van der Waals surface area contributed by atoms with Crippen LogP contribution in [0.25, 0.3) is 11.0 Å². The number of para-hydroxylation sites is 1. The number of nitrogens with one attached hydrogen (secondary N) is 1. The molecule has 3 nitrogen and oxygen atoms in total. The lowest BCUT2D eigenvalue weighted by atomic mass is 10.1. The van der Waals surface area contributed by atoms with Crippen molar-refractivity contribution in [2.45, 2.75) is 39.3 Å². The van der Waals surface area contributed by atoms with Gasteiger partial charge in [-0.15, -0.1) is 0 Å². The van der Waals surface area contributed by atoms with Crippen LogP contribution in [-0.4, -0.2) is 6.04 Å². The second-order valence-electron chi connectivity index (χ2n) is 5.53. The topological polar surface area (TPSA) is 38.3 Å². The van der Waals surface area contributed by atoms with Crippen LogP contribution < -0.4 is 5.32 Å². The lowest BCUT2D eigenvalue weighted by molar-refractivity contribution is 0.458. The highest BCUT2D eigenvalue weighted by Crippen LogP contribution is 2.25. The van der Waals surface area contributed by atoms with Crippen molar-refractivity contribution in [2.24, 2.45) is 0 Å². The van der Waals surface area contributed by atoms with Crippen LogP contribution in [0.2, 0.25) is 0 Å². The van der Waals surface area contributed by atoms with E-state index in [-0.39, 0.29) is 0 Å². The number of rotatable bonds is 6. The van der Waals surface area contributed by atoms with Crippen LogP contribution in [-0.2, 0) is 13.0 Å². The Morgan fingerprint density at radius 3 is 2.81 bits per heavy atom. The molecule has 1 N–H and O–H groups in total. The van der Waals surface area contributed by atoms with Gasteiger partial charge >= 0.3 is 0 Å². The Balaban J connectivity index is 1.59. The van der Waals surface area contributed by atoms with Crippen molar-refractivity contribution in [2.75, 3.05) is 0 Å². The molecule has 2 aromatic heterocycles. The fraction of sp³-hybridized carbons (Fsp3) is 0.333. The van der Waals surface area contributed by atoms with Gasteiger partial charge in [0.25, 0.3) is 0 Å². The fourth-order valence-corrected chi connectivity index (χ4v) is 2.63. The number of fused-ring (bicyclic) bond motifs is 1. The third-order valence-electron chi connectivity index (χ3n) is 3.93. The molecule has 0 spiro atoms. The average molecular weight is 283 g/mol. The molecule has 0 saturated heterocycles. The minimum absolute atomic E-state index is 0.433. The molecule has 0 bridgehead atoms. The van der Waals surface area contributed by atoms with Crippen molar-refractivity contribution in [3.63, 3.8) is 0 Å². The number of benzene rings is 1. The maximum absolute atomic E-state index is 5.80. The predicted molar refractivity (Wildman–Crippen MR) is 84.3 cm³/mol. The van der Waals surface area contributed by atoms with Gasteiger partial charge < -0.3 is 14.2 Å². The first-order valence-corrected chi connectivity index (χ1v) is 7.47. The molecule has 0 aliphatic heterocycles. The van der Waals surface area contributed by atoms with Crippen molar-refractivity contribution < 1.29 is 8.83 Å². The van der Waals surface area contributed by atoms with Crippen LogP contribution in [0.3, 0.4) is 0 Å². The summed E-state index contributed by atoms with van der Waals surface area (Å²) >= 11 is 0. The van der Waals surface area contributed by atoms with Crippen LogP contribution in [0.4, 0.5) is 0 Å². The SMILES string of the molecule is Cc1oc2ccccc2c1CNC(C)CCc1ccco1. The lowest BCUT2D eigenvalue weighted by Crippen LogP contribution is -2.26. The van der Waals surface area contributed by atoms with Gasteiger partial charge in [0, 0.05) is 30.0 Å². The quantitative estimate of drug-likeness (QED) is 0.726. The second-order valence-corrected chi connectivity index (χ2v) is 5.53. The smallest absolute Gasteiger partial charge is 0.134 e. The third-order valence-corrected chi connectivity index (χ3v) is 3.93. The molecule has 3 aromatic rings. The van der Waals surface area contributed by atoms with E-state index in [1.165, 1.54) is 10.9 Å². The molecular formula is C18H21NO2. The summed E-state index contributed by atoms with van der Waals surface area (Å²) in [6, 6.07) is 12.6. The summed E-state index contributed by atoms with van der Waals surface area (Å²) in [5.41, 5.74) is 2.23. The summed E-state index contributed by atoms with van der Waals surface area (Å²) < 4.78 is 11.2. The van der Waals surface area contributed by atoms with Gasteiger partial charge in [-0.05, 0) is 38.5 Å². The fourth-order valence-electron chi connectivity index (χ4n) is 2.63. The molecule has 110 valence electrons. The molecule has 1 atom stereocenters. The third kappa shape index (κ3) is 3.19. The molecule has 21 heavy (non-hydrogen) atoms. The lowest BCUT2D eigenvalue weighted by Gasteiger charge is -2.12. The summed E-state index contributed by atoms with van der Waals surface area (Å²) in [5.74, 6) is 2.05. The van der Waals surface area contributed by atoms with E-state index in [1.807, 2.05) is 31.2 Å². The summed E-state index contributed by atoms with van der Waals surface area (Å²) in [4.78, 5) is 0. The van der Waals surface area contributed by atoms with Crippen molar-refractivity contribution in [3.05, 3.63) is 59.7 Å². The number of hydrogen-bond acceptors (Lipinski definition) is 3. The van der Waals surface area contributed by atoms with Gasteiger partial charge in [0.2, 0.25) is 0 Å². The van der Waals surface area contributed by atoms with E-state index in [0.29, 0.717) is 6.04 Å². The highest BCUT2D eigenvalue weighted by molar-refractivity contribution is 5.82. The van der Waals surface area contributed by atoms with Gasteiger partial charge in [-0.3, -0.25) is 0 Å². The Kier molecular flexibility index (Phi) is 4.11. The average Bonchev–Trinajstić information content (AvgIpc) is 3.10. The maximum Gasteiger partial charge on any atom is 0.134 e. The first kappa shape index (κ1) is 14.0. The van der Waals surface area contributed by atoms with Gasteiger partial charge in [0.05, 0.1) is 6.26 Å². The normalized spacial score (nSPS) is 12.9. The zero-order valence-corrected chi connectivity index (χ0v) is 12.6. The first-order chi connectivity index (χ1) is 10.2. The van der Waals surface area contributed by atoms with Crippen molar-refractivity contribution in [3.8, 4) is 0 Å². The van der Waals surface area contributed by atoms with Gasteiger partial charge in [-0.25, -0.2) is 0 Å². The predicted octanol–water partition coefficient (Wildman–Crippen LogP) is 4.45. The Morgan fingerprint density at radius 1 is 1.14 bits per heavy atom. The van der Waals surface area contributed by atoms with Crippen LogP contribution in [0.15, 0.2) is 51.5 Å². The monoisotopic (exact) mass is 283 g/mol.